The number of hydrogen-bond donors (Lipinski definition) is 2. The molecule has 0 aliphatic rings. The van der Waals surface area contributed by atoms with Crippen LogP contribution in [0.4, 0.5) is 0 Å². The molecule has 0 amide bonds. The molecule has 3 nitrogen and oxygen atoms in total. The Morgan fingerprint density at radius 3 is 2.20 bits per heavy atom. The second-order valence-electron chi connectivity index (χ2n) is 1.79. The van der Waals surface area contributed by atoms with Gasteiger partial charge in [-0.2, -0.15) is 0 Å². The predicted octanol–water partition coefficient (Wildman–Crippen LogP) is 0.766. The van der Waals surface area contributed by atoms with Crippen LogP contribution in [0.1, 0.15) is 5.56 Å². The molecule has 0 aliphatic heterocycles. The third-order valence-corrected chi connectivity index (χ3v) is 1.16. The van der Waals surface area contributed by atoms with Crippen LogP contribution in [0.3, 0.4) is 0 Å². The van der Waals surface area contributed by atoms with Crippen molar-refractivity contribution in [1.82, 2.24) is 0 Å². The molecule has 54 valence electrons. The van der Waals surface area contributed by atoms with E-state index >= 15 is 0 Å². The highest BCUT2D eigenvalue weighted by molar-refractivity contribution is 5.30. The lowest BCUT2D eigenvalue weighted by molar-refractivity contribution is 0.275. The van der Waals surface area contributed by atoms with E-state index in [1.807, 2.05) is 0 Å². The van der Waals surface area contributed by atoms with Crippen LogP contribution in [0, 0.1) is 0 Å². The summed E-state index contributed by atoms with van der Waals surface area (Å²) in [6.45, 7) is -0.104. The van der Waals surface area contributed by atoms with Crippen LogP contribution >= 0.6 is 0 Å². The summed E-state index contributed by atoms with van der Waals surface area (Å²) in [6.07, 6.45) is 0. The van der Waals surface area contributed by atoms with Gasteiger partial charge in [-0.1, -0.05) is 18.2 Å². The van der Waals surface area contributed by atoms with Gasteiger partial charge in [0.1, 0.15) is 5.75 Å². The number of para-hydroxylation sites is 1. The fourth-order valence-electron chi connectivity index (χ4n) is 0.645. The van der Waals surface area contributed by atoms with Crippen molar-refractivity contribution in [3.8, 4) is 5.75 Å². The van der Waals surface area contributed by atoms with Crippen molar-refractivity contribution < 1.29 is 15.7 Å². The van der Waals surface area contributed by atoms with Gasteiger partial charge in [0.25, 0.3) is 0 Å². The molecule has 1 aromatic rings. The van der Waals surface area contributed by atoms with Gasteiger partial charge in [-0.25, -0.2) is 0 Å². The second-order valence-corrected chi connectivity index (χ2v) is 1.79. The van der Waals surface area contributed by atoms with Gasteiger partial charge in [0.15, 0.2) is 0 Å². The van der Waals surface area contributed by atoms with Crippen LogP contribution in [0.25, 0.3) is 0 Å². The summed E-state index contributed by atoms with van der Waals surface area (Å²) in [6, 6.07) is 6.71. The highest BCUT2D eigenvalue weighted by atomic mass is 16.3. The van der Waals surface area contributed by atoms with Crippen LogP contribution in [-0.2, 0) is 12.1 Å². The Labute approximate surface area is 58.9 Å². The molecule has 10 heavy (non-hydrogen) atoms. The number of benzene rings is 1. The molecule has 1 rings (SSSR count). The molecule has 0 bridgehead atoms. The Morgan fingerprint density at radius 1 is 1.20 bits per heavy atom. The normalized spacial score (nSPS) is 8.50. The van der Waals surface area contributed by atoms with Gasteiger partial charge in [0.2, 0.25) is 0 Å². The fraction of sp³-hybridized carbons (Fsp3) is 0.143. The van der Waals surface area contributed by atoms with E-state index in [0.717, 1.165) is 0 Å². The first-order valence-corrected chi connectivity index (χ1v) is 2.72. The van der Waals surface area contributed by atoms with Crippen LogP contribution in [0.5, 0.6) is 5.75 Å². The lowest BCUT2D eigenvalue weighted by Crippen LogP contribution is -1.80. The van der Waals surface area contributed by atoms with Crippen molar-refractivity contribution in [2.24, 2.45) is 0 Å². The van der Waals surface area contributed by atoms with Crippen LogP contribution in [0.2, 0.25) is 0 Å². The van der Waals surface area contributed by atoms with Gasteiger partial charge in [0, 0.05) is 11.0 Å². The molecule has 0 atom stereocenters. The van der Waals surface area contributed by atoms with Gasteiger partial charge in [-0.15, -0.1) is 0 Å². The Kier molecular flexibility index (Phi) is 3.46. The summed E-state index contributed by atoms with van der Waals surface area (Å²) in [4.78, 5) is 0. The number of rotatable bonds is 1. The molecule has 0 unspecified atom stereocenters. The van der Waals surface area contributed by atoms with E-state index in [9.17, 15) is 0 Å². The van der Waals surface area contributed by atoms with E-state index in [2.05, 4.69) is 0 Å². The lowest BCUT2D eigenvalue weighted by Gasteiger charge is -1.96. The molecule has 2 radical (unpaired) electrons. The maximum atomic E-state index is 8.95. The molecular formula is C7H8O3. The fourth-order valence-corrected chi connectivity index (χ4v) is 0.645. The zero-order valence-corrected chi connectivity index (χ0v) is 5.32. The largest absolute Gasteiger partial charge is 0.508 e. The van der Waals surface area contributed by atoms with Crippen molar-refractivity contribution in [2.45, 2.75) is 6.61 Å². The van der Waals surface area contributed by atoms with Crippen LogP contribution in [-0.4, -0.2) is 10.2 Å². The number of aliphatic hydroxyl groups excluding tert-OH is 1. The predicted molar refractivity (Wildman–Crippen MR) is 34.7 cm³/mol. The standard InChI is InChI=1S/C7H8O2.O/c8-5-6-3-1-2-4-7(6)9;/h1-4,8-9H,5H2;. The molecule has 0 aliphatic carbocycles. The van der Waals surface area contributed by atoms with E-state index in [-0.39, 0.29) is 17.8 Å². The van der Waals surface area contributed by atoms with E-state index < -0.39 is 0 Å². The molecule has 2 N–H and O–H groups in total. The minimum Gasteiger partial charge on any atom is -0.508 e. The zero-order valence-electron chi connectivity index (χ0n) is 5.32. The summed E-state index contributed by atoms with van der Waals surface area (Å²) in [7, 11) is 0. The Balaban J connectivity index is 0.000000810. The van der Waals surface area contributed by atoms with E-state index in [1.165, 1.54) is 0 Å². The van der Waals surface area contributed by atoms with Crippen molar-refractivity contribution in [3.63, 3.8) is 0 Å². The molecule has 0 saturated heterocycles. The molecule has 0 spiro atoms. The first kappa shape index (κ1) is 8.94. The summed E-state index contributed by atoms with van der Waals surface area (Å²) in [5, 5.41) is 17.5. The Morgan fingerprint density at radius 2 is 1.80 bits per heavy atom. The zero-order chi connectivity index (χ0) is 6.69. The van der Waals surface area contributed by atoms with Crippen molar-refractivity contribution in [3.05, 3.63) is 29.8 Å². The molecule has 1 aromatic carbocycles. The number of hydrogen-bond acceptors (Lipinski definition) is 2. The quantitative estimate of drug-likeness (QED) is 0.604. The molecule has 3 heteroatoms. The second kappa shape index (κ2) is 3.87. The molecular weight excluding hydrogens is 132 g/mol. The van der Waals surface area contributed by atoms with Gasteiger partial charge in [-0.3, -0.25) is 0 Å². The average molecular weight is 140 g/mol. The van der Waals surface area contributed by atoms with Gasteiger partial charge in [-0.05, 0) is 6.07 Å². The number of aliphatic hydroxyl groups is 1. The minimum atomic E-state index is -0.104. The molecule has 0 aromatic heterocycles. The minimum absolute atomic E-state index is 0. The lowest BCUT2D eigenvalue weighted by atomic mass is 10.2. The molecule has 0 saturated carbocycles. The van der Waals surface area contributed by atoms with Gasteiger partial charge in [0.05, 0.1) is 6.61 Å². The third-order valence-electron chi connectivity index (χ3n) is 1.16. The molecule has 0 heterocycles. The highest BCUT2D eigenvalue weighted by Crippen LogP contribution is 2.14. The highest BCUT2D eigenvalue weighted by Gasteiger charge is 1.93. The van der Waals surface area contributed by atoms with Crippen LogP contribution in [0.15, 0.2) is 24.3 Å². The first-order chi connectivity index (χ1) is 4.34. The molecule has 0 fully saturated rings. The van der Waals surface area contributed by atoms with Crippen molar-refractivity contribution in [2.75, 3.05) is 0 Å². The van der Waals surface area contributed by atoms with Crippen molar-refractivity contribution in [1.29, 1.82) is 0 Å². The monoisotopic (exact) mass is 140 g/mol. The average Bonchev–Trinajstić information content (AvgIpc) is 1.89. The summed E-state index contributed by atoms with van der Waals surface area (Å²) < 4.78 is 0. The smallest absolute Gasteiger partial charge is 0.121 e. The third kappa shape index (κ3) is 1.72. The van der Waals surface area contributed by atoms with E-state index in [0.29, 0.717) is 5.56 Å². The summed E-state index contributed by atoms with van der Waals surface area (Å²) in [5.74, 6) is 0.153. The Bertz CT molecular complexity index is 198. The topological polar surface area (TPSA) is 69.0 Å². The first-order valence-electron chi connectivity index (χ1n) is 2.72. The number of aromatic hydroxyl groups is 1. The van der Waals surface area contributed by atoms with E-state index in [4.69, 9.17) is 10.2 Å². The van der Waals surface area contributed by atoms with E-state index in [1.54, 1.807) is 24.3 Å². The SMILES string of the molecule is OCc1ccccc1O.[O]. The van der Waals surface area contributed by atoms with Gasteiger partial charge < -0.3 is 10.2 Å². The maximum absolute atomic E-state index is 8.95. The maximum Gasteiger partial charge on any atom is 0.121 e. The Hall–Kier alpha value is -1.06. The summed E-state index contributed by atoms with van der Waals surface area (Å²) >= 11 is 0. The summed E-state index contributed by atoms with van der Waals surface area (Å²) in [5.41, 5.74) is 0.567. The van der Waals surface area contributed by atoms with Crippen LogP contribution < -0.4 is 0 Å². The number of phenols is 1. The van der Waals surface area contributed by atoms with Crippen molar-refractivity contribution >= 4 is 0 Å². The van der Waals surface area contributed by atoms with Gasteiger partial charge >= 0.3 is 0 Å².